The second-order valence-corrected chi connectivity index (χ2v) is 5.08. The van der Waals surface area contributed by atoms with Crippen LogP contribution >= 0.6 is 0 Å². The molecular weight excluding hydrogens is 276 g/mol. The third-order valence-electron chi connectivity index (χ3n) is 3.35. The van der Waals surface area contributed by atoms with E-state index >= 15 is 0 Å². The molecule has 0 heterocycles. The second kappa shape index (κ2) is 8.97. The van der Waals surface area contributed by atoms with E-state index in [1.54, 1.807) is 7.11 Å². The zero-order valence-electron chi connectivity index (χ0n) is 12.8. The summed E-state index contributed by atoms with van der Waals surface area (Å²) in [4.78, 5) is 12.3. The van der Waals surface area contributed by atoms with Crippen LogP contribution in [0.4, 0.5) is 0 Å². The van der Waals surface area contributed by atoms with Crippen molar-refractivity contribution in [3.63, 3.8) is 0 Å². The molecule has 0 spiro atoms. The van der Waals surface area contributed by atoms with Crippen LogP contribution in [0.5, 0.6) is 0 Å². The third kappa shape index (κ3) is 5.31. The molecule has 2 N–H and O–H groups in total. The van der Waals surface area contributed by atoms with Crippen LogP contribution in [0.2, 0.25) is 0 Å². The molecule has 0 aliphatic rings. The molecule has 0 radical (unpaired) electrons. The molecule has 0 aliphatic heterocycles. The fourth-order valence-electron chi connectivity index (χ4n) is 2.14. The number of hydrogen-bond acceptors (Lipinski definition) is 3. The number of nitrogens with one attached hydrogen (secondary N) is 2. The standard InChI is InChI=1S/C18H22N2O2/c1-22-14-17(19-12-15-8-4-2-5-9-15)18(21)20-13-16-10-6-3-7-11-16/h2-11,17,19H,12-14H2,1H3,(H,20,21). The van der Waals surface area contributed by atoms with Crippen LogP contribution in [-0.4, -0.2) is 25.7 Å². The van der Waals surface area contributed by atoms with Gasteiger partial charge in [-0.15, -0.1) is 0 Å². The number of hydrogen-bond donors (Lipinski definition) is 2. The van der Waals surface area contributed by atoms with Gasteiger partial charge in [-0.05, 0) is 11.1 Å². The lowest BCUT2D eigenvalue weighted by Crippen LogP contribution is -2.46. The minimum absolute atomic E-state index is 0.0540. The molecule has 2 aromatic rings. The van der Waals surface area contributed by atoms with Crippen LogP contribution in [0.25, 0.3) is 0 Å². The molecule has 0 bridgehead atoms. The van der Waals surface area contributed by atoms with Crippen molar-refractivity contribution in [2.24, 2.45) is 0 Å². The molecular formula is C18H22N2O2. The normalized spacial score (nSPS) is 11.9. The molecule has 1 unspecified atom stereocenters. The van der Waals surface area contributed by atoms with E-state index in [1.807, 2.05) is 60.7 Å². The number of carbonyl (C=O) groups is 1. The lowest BCUT2D eigenvalue weighted by molar-refractivity contribution is -0.124. The first kappa shape index (κ1) is 16.2. The molecule has 4 heteroatoms. The van der Waals surface area contributed by atoms with Crippen LogP contribution < -0.4 is 10.6 Å². The Morgan fingerprint density at radius 1 is 0.955 bits per heavy atom. The van der Waals surface area contributed by atoms with Crippen LogP contribution in [0, 0.1) is 0 Å². The van der Waals surface area contributed by atoms with Gasteiger partial charge in [0.25, 0.3) is 0 Å². The Morgan fingerprint density at radius 2 is 1.50 bits per heavy atom. The van der Waals surface area contributed by atoms with Crippen molar-refractivity contribution in [3.8, 4) is 0 Å². The Kier molecular flexibility index (Phi) is 6.61. The SMILES string of the molecule is COCC(NCc1ccccc1)C(=O)NCc1ccccc1. The molecule has 1 atom stereocenters. The summed E-state index contributed by atoms with van der Waals surface area (Å²) in [5.74, 6) is -0.0540. The zero-order chi connectivity index (χ0) is 15.6. The van der Waals surface area contributed by atoms with Gasteiger partial charge in [0, 0.05) is 20.2 Å². The van der Waals surface area contributed by atoms with E-state index in [9.17, 15) is 4.79 Å². The lowest BCUT2D eigenvalue weighted by Gasteiger charge is -2.18. The Bertz CT molecular complexity index is 558. The maximum absolute atomic E-state index is 12.3. The molecule has 1 amide bonds. The van der Waals surface area contributed by atoms with E-state index in [2.05, 4.69) is 10.6 Å². The largest absolute Gasteiger partial charge is 0.383 e. The smallest absolute Gasteiger partial charge is 0.239 e. The van der Waals surface area contributed by atoms with Gasteiger partial charge in [-0.1, -0.05) is 60.7 Å². The lowest BCUT2D eigenvalue weighted by atomic mass is 10.2. The van der Waals surface area contributed by atoms with Gasteiger partial charge in [0.1, 0.15) is 6.04 Å². The first-order valence-electron chi connectivity index (χ1n) is 7.37. The van der Waals surface area contributed by atoms with Gasteiger partial charge in [0.15, 0.2) is 0 Å². The number of methoxy groups -OCH3 is 1. The molecule has 2 aromatic carbocycles. The molecule has 22 heavy (non-hydrogen) atoms. The maximum atomic E-state index is 12.3. The van der Waals surface area contributed by atoms with Crippen molar-refractivity contribution in [1.29, 1.82) is 0 Å². The minimum Gasteiger partial charge on any atom is -0.383 e. The average molecular weight is 298 g/mol. The predicted octanol–water partition coefficient (Wildman–Crippen LogP) is 2.11. The highest BCUT2D eigenvalue weighted by atomic mass is 16.5. The Balaban J connectivity index is 1.85. The Labute approximate surface area is 131 Å². The van der Waals surface area contributed by atoms with Crippen LogP contribution in [0.1, 0.15) is 11.1 Å². The van der Waals surface area contributed by atoms with E-state index in [0.717, 1.165) is 11.1 Å². The van der Waals surface area contributed by atoms with Crippen LogP contribution in [0.3, 0.4) is 0 Å². The summed E-state index contributed by atoms with van der Waals surface area (Å²) in [6.07, 6.45) is 0. The fraction of sp³-hybridized carbons (Fsp3) is 0.278. The van der Waals surface area contributed by atoms with Crippen molar-refractivity contribution in [1.82, 2.24) is 10.6 Å². The van der Waals surface area contributed by atoms with Gasteiger partial charge in [0.2, 0.25) is 5.91 Å². The zero-order valence-corrected chi connectivity index (χ0v) is 12.8. The van der Waals surface area contributed by atoms with Gasteiger partial charge in [-0.25, -0.2) is 0 Å². The number of benzene rings is 2. The van der Waals surface area contributed by atoms with Crippen molar-refractivity contribution >= 4 is 5.91 Å². The van der Waals surface area contributed by atoms with Crippen LogP contribution in [-0.2, 0) is 22.6 Å². The second-order valence-electron chi connectivity index (χ2n) is 5.08. The van der Waals surface area contributed by atoms with E-state index in [4.69, 9.17) is 4.74 Å². The summed E-state index contributed by atoms with van der Waals surface area (Å²) < 4.78 is 5.14. The highest BCUT2D eigenvalue weighted by Gasteiger charge is 2.17. The summed E-state index contributed by atoms with van der Waals surface area (Å²) in [5.41, 5.74) is 2.22. The summed E-state index contributed by atoms with van der Waals surface area (Å²) >= 11 is 0. The summed E-state index contributed by atoms with van der Waals surface area (Å²) in [6, 6.07) is 19.5. The third-order valence-corrected chi connectivity index (χ3v) is 3.35. The van der Waals surface area contributed by atoms with E-state index in [0.29, 0.717) is 19.7 Å². The van der Waals surface area contributed by atoms with Crippen molar-refractivity contribution in [3.05, 3.63) is 71.8 Å². The first-order chi connectivity index (χ1) is 10.8. The number of rotatable bonds is 8. The molecule has 0 aromatic heterocycles. The predicted molar refractivity (Wildman–Crippen MR) is 87.2 cm³/mol. The van der Waals surface area contributed by atoms with Gasteiger partial charge in [-0.2, -0.15) is 0 Å². The fourth-order valence-corrected chi connectivity index (χ4v) is 2.14. The molecule has 2 rings (SSSR count). The molecule has 116 valence electrons. The molecule has 0 fully saturated rings. The molecule has 0 saturated heterocycles. The average Bonchev–Trinajstić information content (AvgIpc) is 2.58. The van der Waals surface area contributed by atoms with E-state index < -0.39 is 0 Å². The summed E-state index contributed by atoms with van der Waals surface area (Å²) in [5, 5.41) is 6.17. The topological polar surface area (TPSA) is 50.4 Å². The van der Waals surface area contributed by atoms with Gasteiger partial charge < -0.3 is 10.1 Å². The summed E-state index contributed by atoms with van der Waals surface area (Å²) in [6.45, 7) is 1.49. The minimum atomic E-state index is -0.367. The van der Waals surface area contributed by atoms with Gasteiger partial charge in [-0.3, -0.25) is 10.1 Å². The van der Waals surface area contributed by atoms with Crippen molar-refractivity contribution in [2.75, 3.05) is 13.7 Å². The molecule has 0 aliphatic carbocycles. The highest BCUT2D eigenvalue weighted by Crippen LogP contribution is 2.00. The summed E-state index contributed by atoms with van der Waals surface area (Å²) in [7, 11) is 1.60. The van der Waals surface area contributed by atoms with Gasteiger partial charge in [0.05, 0.1) is 6.61 Å². The maximum Gasteiger partial charge on any atom is 0.239 e. The number of amides is 1. The Hall–Kier alpha value is -2.17. The van der Waals surface area contributed by atoms with Crippen molar-refractivity contribution in [2.45, 2.75) is 19.1 Å². The molecule has 0 saturated carbocycles. The number of carbonyl (C=O) groups excluding carboxylic acids is 1. The monoisotopic (exact) mass is 298 g/mol. The van der Waals surface area contributed by atoms with Crippen LogP contribution in [0.15, 0.2) is 60.7 Å². The highest BCUT2D eigenvalue weighted by molar-refractivity contribution is 5.81. The van der Waals surface area contributed by atoms with E-state index in [-0.39, 0.29) is 11.9 Å². The van der Waals surface area contributed by atoms with Gasteiger partial charge >= 0.3 is 0 Å². The number of ether oxygens (including phenoxy) is 1. The van der Waals surface area contributed by atoms with Crippen molar-refractivity contribution < 1.29 is 9.53 Å². The quantitative estimate of drug-likeness (QED) is 0.785. The Morgan fingerprint density at radius 3 is 2.05 bits per heavy atom. The van der Waals surface area contributed by atoms with E-state index in [1.165, 1.54) is 0 Å². The first-order valence-corrected chi connectivity index (χ1v) is 7.37. The molecule has 4 nitrogen and oxygen atoms in total.